The van der Waals surface area contributed by atoms with E-state index < -0.39 is 0 Å². The van der Waals surface area contributed by atoms with Gasteiger partial charge >= 0.3 is 0 Å². The molecule has 0 aliphatic carbocycles. The standard InChI is InChI=1S/C3H6INS2/c4-7-5-1-2-6-3-5/h1-3H2. The van der Waals surface area contributed by atoms with Gasteiger partial charge in [0.15, 0.2) is 0 Å². The van der Waals surface area contributed by atoms with Crippen molar-refractivity contribution in [1.82, 2.24) is 4.31 Å². The second-order valence-electron chi connectivity index (χ2n) is 1.31. The van der Waals surface area contributed by atoms with E-state index >= 15 is 0 Å². The third-order valence-electron chi connectivity index (χ3n) is 0.818. The van der Waals surface area contributed by atoms with Crippen LogP contribution in [-0.2, 0) is 0 Å². The maximum absolute atomic E-state index is 2.35. The first kappa shape index (κ1) is 6.51. The van der Waals surface area contributed by atoms with Crippen LogP contribution in [0.2, 0.25) is 0 Å². The van der Waals surface area contributed by atoms with Crippen molar-refractivity contribution in [3.8, 4) is 0 Å². The van der Waals surface area contributed by atoms with E-state index in [1.165, 1.54) is 18.2 Å². The highest BCUT2D eigenvalue weighted by Gasteiger charge is 2.09. The number of rotatable bonds is 1. The van der Waals surface area contributed by atoms with Crippen LogP contribution < -0.4 is 0 Å². The van der Waals surface area contributed by atoms with Gasteiger partial charge in [-0.2, -0.15) is 0 Å². The van der Waals surface area contributed by atoms with Gasteiger partial charge in [0.25, 0.3) is 0 Å². The first-order valence-corrected chi connectivity index (χ1v) is 6.52. The normalized spacial score (nSPS) is 23.6. The first-order valence-electron chi connectivity index (χ1n) is 2.05. The molecule has 1 saturated heterocycles. The highest BCUT2D eigenvalue weighted by molar-refractivity contribution is 14.2. The van der Waals surface area contributed by atoms with Gasteiger partial charge in [0, 0.05) is 33.5 Å². The van der Waals surface area contributed by atoms with Crippen molar-refractivity contribution in [3.05, 3.63) is 0 Å². The Kier molecular flexibility index (Phi) is 3.18. The smallest absolute Gasteiger partial charge is 0.0554 e. The van der Waals surface area contributed by atoms with Crippen LogP contribution in [0.1, 0.15) is 0 Å². The SMILES string of the molecule is ISN1CCSC1. The lowest BCUT2D eigenvalue weighted by Crippen LogP contribution is -2.05. The molecule has 0 spiro atoms. The summed E-state index contributed by atoms with van der Waals surface area (Å²) in [7, 11) is 1.81. The highest BCUT2D eigenvalue weighted by atomic mass is 127. The molecule has 0 bridgehead atoms. The van der Waals surface area contributed by atoms with Crippen LogP contribution in [0.15, 0.2) is 0 Å². The van der Waals surface area contributed by atoms with E-state index in [9.17, 15) is 0 Å². The maximum atomic E-state index is 2.35. The van der Waals surface area contributed by atoms with Crippen molar-refractivity contribution in [1.29, 1.82) is 0 Å². The van der Waals surface area contributed by atoms with Crippen LogP contribution >= 0.6 is 42.1 Å². The molecule has 1 rings (SSSR count). The van der Waals surface area contributed by atoms with Gasteiger partial charge in [-0.05, 0) is 9.12 Å². The molecule has 0 amide bonds. The van der Waals surface area contributed by atoms with Crippen molar-refractivity contribution in [2.45, 2.75) is 0 Å². The predicted octanol–water partition coefficient (Wildman–Crippen LogP) is 1.99. The van der Waals surface area contributed by atoms with Gasteiger partial charge in [-0.1, -0.05) is 0 Å². The summed E-state index contributed by atoms with van der Waals surface area (Å²) in [4.78, 5) is 0. The second-order valence-corrected chi connectivity index (χ2v) is 4.22. The first-order chi connectivity index (χ1) is 3.43. The molecule has 1 heterocycles. The van der Waals surface area contributed by atoms with Crippen molar-refractivity contribution in [2.24, 2.45) is 0 Å². The highest BCUT2D eigenvalue weighted by Crippen LogP contribution is 2.25. The van der Waals surface area contributed by atoms with Gasteiger partial charge in [-0.15, -0.1) is 11.8 Å². The molecule has 0 unspecified atom stereocenters. The van der Waals surface area contributed by atoms with Crippen LogP contribution in [0.3, 0.4) is 0 Å². The predicted molar refractivity (Wildman–Crippen MR) is 45.6 cm³/mol. The van der Waals surface area contributed by atoms with Gasteiger partial charge < -0.3 is 0 Å². The lowest BCUT2D eigenvalue weighted by Gasteiger charge is -2.03. The van der Waals surface area contributed by atoms with Crippen molar-refractivity contribution < 1.29 is 0 Å². The Bertz CT molecular complexity index is 54.9. The molecular formula is C3H6INS2. The summed E-state index contributed by atoms with van der Waals surface area (Å²) in [5.41, 5.74) is 0. The monoisotopic (exact) mass is 247 g/mol. The molecule has 0 radical (unpaired) electrons. The van der Waals surface area contributed by atoms with Gasteiger partial charge in [0.1, 0.15) is 0 Å². The van der Waals surface area contributed by atoms with E-state index in [1.807, 2.05) is 20.9 Å². The molecule has 1 fully saturated rings. The van der Waals surface area contributed by atoms with Crippen LogP contribution in [0.4, 0.5) is 0 Å². The van der Waals surface area contributed by atoms with Gasteiger partial charge in [-0.3, -0.25) is 0 Å². The van der Waals surface area contributed by atoms with Crippen molar-refractivity contribution in [2.75, 3.05) is 18.2 Å². The Labute approximate surface area is 64.3 Å². The van der Waals surface area contributed by atoms with E-state index in [0.717, 1.165) is 0 Å². The van der Waals surface area contributed by atoms with Gasteiger partial charge in [0.05, 0.1) is 5.88 Å². The Morgan fingerprint density at radius 3 is 2.86 bits per heavy atom. The fraction of sp³-hybridized carbons (Fsp3) is 1.00. The minimum atomic E-state index is 1.22. The van der Waals surface area contributed by atoms with Crippen LogP contribution in [0.5, 0.6) is 0 Å². The van der Waals surface area contributed by atoms with E-state index in [0.29, 0.717) is 0 Å². The summed E-state index contributed by atoms with van der Waals surface area (Å²) in [6.07, 6.45) is 0. The lowest BCUT2D eigenvalue weighted by atomic mass is 10.8. The maximum Gasteiger partial charge on any atom is 0.0554 e. The third-order valence-corrected chi connectivity index (χ3v) is 4.12. The number of hydrogen-bond acceptors (Lipinski definition) is 3. The zero-order valence-electron chi connectivity index (χ0n) is 3.76. The van der Waals surface area contributed by atoms with Gasteiger partial charge in [0.2, 0.25) is 0 Å². The number of nitrogens with zero attached hydrogens (tertiary/aromatic N) is 1. The molecule has 0 aromatic carbocycles. The minimum Gasteiger partial charge on any atom is -0.231 e. The molecule has 1 nitrogen and oxygen atoms in total. The molecular weight excluding hydrogens is 241 g/mol. The number of halogens is 1. The van der Waals surface area contributed by atoms with E-state index in [2.05, 4.69) is 25.5 Å². The van der Waals surface area contributed by atoms with Gasteiger partial charge in [-0.25, -0.2) is 4.31 Å². The minimum absolute atomic E-state index is 1.22. The molecule has 0 aromatic heterocycles. The molecule has 1 aliphatic rings. The Balaban J connectivity index is 2.14. The van der Waals surface area contributed by atoms with E-state index in [4.69, 9.17) is 0 Å². The number of hydrogen-bond donors (Lipinski definition) is 0. The molecule has 4 heteroatoms. The molecule has 0 saturated carbocycles. The topological polar surface area (TPSA) is 3.24 Å². The zero-order chi connectivity index (χ0) is 5.11. The molecule has 7 heavy (non-hydrogen) atoms. The average Bonchev–Trinajstić information content (AvgIpc) is 2.14. The summed E-state index contributed by atoms with van der Waals surface area (Å²) in [6.45, 7) is 1.26. The molecule has 0 N–H and O–H groups in total. The average molecular weight is 247 g/mol. The lowest BCUT2D eigenvalue weighted by molar-refractivity contribution is 0.620. The molecule has 0 aromatic rings. The van der Waals surface area contributed by atoms with Crippen molar-refractivity contribution >= 4 is 42.1 Å². The van der Waals surface area contributed by atoms with Crippen LogP contribution in [0, 0.1) is 0 Å². The van der Waals surface area contributed by atoms with Crippen LogP contribution in [0.25, 0.3) is 0 Å². The van der Waals surface area contributed by atoms with E-state index in [-0.39, 0.29) is 0 Å². The summed E-state index contributed by atoms with van der Waals surface area (Å²) in [5, 5.41) is 0. The summed E-state index contributed by atoms with van der Waals surface area (Å²) < 4.78 is 2.35. The summed E-state index contributed by atoms with van der Waals surface area (Å²) in [5.74, 6) is 2.53. The Morgan fingerprint density at radius 2 is 2.57 bits per heavy atom. The molecule has 0 atom stereocenters. The number of thioether (sulfide) groups is 1. The summed E-state index contributed by atoms with van der Waals surface area (Å²) >= 11 is 4.33. The largest absolute Gasteiger partial charge is 0.231 e. The quantitative estimate of drug-likeness (QED) is 0.515. The fourth-order valence-electron chi connectivity index (χ4n) is 0.452. The third kappa shape index (κ3) is 1.99. The zero-order valence-corrected chi connectivity index (χ0v) is 7.55. The molecule has 42 valence electrons. The molecule has 1 aliphatic heterocycles. The summed E-state index contributed by atoms with van der Waals surface area (Å²) in [6, 6.07) is 0. The second kappa shape index (κ2) is 3.42. The van der Waals surface area contributed by atoms with Crippen molar-refractivity contribution in [3.63, 3.8) is 0 Å². The Morgan fingerprint density at radius 1 is 1.71 bits per heavy atom. The van der Waals surface area contributed by atoms with Crippen LogP contribution in [-0.4, -0.2) is 22.5 Å². The van der Waals surface area contributed by atoms with E-state index in [1.54, 1.807) is 0 Å². The Hall–Kier alpha value is 1.39. The fourth-order valence-corrected chi connectivity index (χ4v) is 3.54.